The van der Waals surface area contributed by atoms with Crippen LogP contribution in [-0.2, 0) is 13.0 Å². The van der Waals surface area contributed by atoms with E-state index in [2.05, 4.69) is 29.1 Å². The summed E-state index contributed by atoms with van der Waals surface area (Å²) >= 11 is 0. The van der Waals surface area contributed by atoms with Crippen molar-refractivity contribution in [3.63, 3.8) is 0 Å². The SMILES string of the molecule is CCC(C)c1n[nH]c2c1CN(C(=O)c1ccccc1-n1cccn1)CC2. The van der Waals surface area contributed by atoms with E-state index in [9.17, 15) is 4.79 Å². The van der Waals surface area contributed by atoms with Crippen LogP contribution in [0.3, 0.4) is 0 Å². The van der Waals surface area contributed by atoms with Gasteiger partial charge in [0.2, 0.25) is 0 Å². The summed E-state index contributed by atoms with van der Waals surface area (Å²) in [6.07, 6.45) is 5.43. The molecule has 0 saturated heterocycles. The highest BCUT2D eigenvalue weighted by atomic mass is 16.2. The number of amides is 1. The van der Waals surface area contributed by atoms with E-state index in [1.807, 2.05) is 41.4 Å². The molecule has 3 heterocycles. The van der Waals surface area contributed by atoms with Crippen LogP contribution in [0, 0.1) is 0 Å². The minimum absolute atomic E-state index is 0.0399. The van der Waals surface area contributed by atoms with E-state index in [1.54, 1.807) is 10.9 Å². The van der Waals surface area contributed by atoms with E-state index in [4.69, 9.17) is 0 Å². The highest BCUT2D eigenvalue weighted by Crippen LogP contribution is 2.28. The number of hydrogen-bond donors (Lipinski definition) is 1. The van der Waals surface area contributed by atoms with Crippen molar-refractivity contribution in [2.75, 3.05) is 6.54 Å². The quantitative estimate of drug-likeness (QED) is 0.786. The summed E-state index contributed by atoms with van der Waals surface area (Å²) in [5, 5.41) is 12.0. The van der Waals surface area contributed by atoms with Gasteiger partial charge in [-0.05, 0) is 24.6 Å². The van der Waals surface area contributed by atoms with Gasteiger partial charge in [0.1, 0.15) is 0 Å². The molecule has 4 rings (SSSR count). The molecule has 0 saturated carbocycles. The van der Waals surface area contributed by atoms with Gasteiger partial charge in [0, 0.05) is 49.1 Å². The average Bonchev–Trinajstić information content (AvgIpc) is 3.36. The lowest BCUT2D eigenvalue weighted by atomic mass is 9.96. The number of aromatic amines is 1. The maximum absolute atomic E-state index is 13.3. The lowest BCUT2D eigenvalue weighted by molar-refractivity contribution is 0.0733. The largest absolute Gasteiger partial charge is 0.334 e. The lowest BCUT2D eigenvalue weighted by Gasteiger charge is -2.28. The number of nitrogens with one attached hydrogen (secondary N) is 1. The molecule has 6 nitrogen and oxygen atoms in total. The minimum Gasteiger partial charge on any atom is -0.334 e. The molecule has 1 N–H and O–H groups in total. The summed E-state index contributed by atoms with van der Waals surface area (Å²) in [5.74, 6) is 0.430. The lowest BCUT2D eigenvalue weighted by Crippen LogP contribution is -2.36. The summed E-state index contributed by atoms with van der Waals surface area (Å²) in [7, 11) is 0. The fourth-order valence-corrected chi connectivity index (χ4v) is 3.53. The average molecular weight is 349 g/mol. The van der Waals surface area contributed by atoms with E-state index < -0.39 is 0 Å². The zero-order chi connectivity index (χ0) is 18.1. The van der Waals surface area contributed by atoms with E-state index in [0.717, 1.165) is 24.2 Å². The second-order valence-electron chi connectivity index (χ2n) is 6.82. The standard InChI is InChI=1S/C20H23N5O/c1-3-14(2)19-16-13-24(12-9-17(16)22-23-19)20(26)15-7-4-5-8-18(15)25-11-6-10-21-25/h4-8,10-11,14H,3,9,12-13H2,1-2H3,(H,22,23). The van der Waals surface area contributed by atoms with Gasteiger partial charge in [0.25, 0.3) is 5.91 Å². The van der Waals surface area contributed by atoms with Gasteiger partial charge in [-0.2, -0.15) is 10.2 Å². The van der Waals surface area contributed by atoms with E-state index >= 15 is 0 Å². The highest BCUT2D eigenvalue weighted by Gasteiger charge is 2.28. The monoisotopic (exact) mass is 349 g/mol. The predicted molar refractivity (Wildman–Crippen MR) is 99.3 cm³/mol. The summed E-state index contributed by atoms with van der Waals surface area (Å²) in [5.41, 5.74) is 4.94. The Hall–Kier alpha value is -2.89. The molecule has 0 bridgehead atoms. The first kappa shape index (κ1) is 16.6. The van der Waals surface area contributed by atoms with Crippen molar-refractivity contribution in [1.29, 1.82) is 0 Å². The highest BCUT2D eigenvalue weighted by molar-refractivity contribution is 5.97. The second kappa shape index (κ2) is 6.78. The molecule has 6 heteroatoms. The normalized spacial score (nSPS) is 14.9. The molecule has 1 unspecified atom stereocenters. The molecule has 134 valence electrons. The fourth-order valence-electron chi connectivity index (χ4n) is 3.53. The Bertz CT molecular complexity index is 912. The Kier molecular flexibility index (Phi) is 4.32. The Morgan fingerprint density at radius 1 is 1.31 bits per heavy atom. The van der Waals surface area contributed by atoms with Gasteiger partial charge in [-0.25, -0.2) is 4.68 Å². The zero-order valence-electron chi connectivity index (χ0n) is 15.1. The number of carbonyl (C=O) groups is 1. The molecule has 0 spiro atoms. The Morgan fingerprint density at radius 2 is 2.15 bits per heavy atom. The van der Waals surface area contributed by atoms with Crippen molar-refractivity contribution in [2.24, 2.45) is 0 Å². The maximum atomic E-state index is 13.3. The second-order valence-corrected chi connectivity index (χ2v) is 6.82. The minimum atomic E-state index is 0.0399. The molecule has 1 aromatic carbocycles. The zero-order valence-corrected chi connectivity index (χ0v) is 15.1. The molecule has 3 aromatic rings. The van der Waals surface area contributed by atoms with Crippen LogP contribution in [0.2, 0.25) is 0 Å². The number of hydrogen-bond acceptors (Lipinski definition) is 3. The van der Waals surface area contributed by atoms with Crippen LogP contribution < -0.4 is 0 Å². The third kappa shape index (κ3) is 2.81. The molecular weight excluding hydrogens is 326 g/mol. The van der Waals surface area contributed by atoms with Gasteiger partial charge in [-0.15, -0.1) is 0 Å². The van der Waals surface area contributed by atoms with Crippen LogP contribution >= 0.6 is 0 Å². The van der Waals surface area contributed by atoms with Crippen LogP contribution in [0.15, 0.2) is 42.7 Å². The van der Waals surface area contributed by atoms with Crippen molar-refractivity contribution >= 4 is 5.91 Å². The Morgan fingerprint density at radius 3 is 2.92 bits per heavy atom. The molecule has 1 aliphatic rings. The maximum Gasteiger partial charge on any atom is 0.256 e. The van der Waals surface area contributed by atoms with E-state index in [1.165, 1.54) is 11.3 Å². The predicted octanol–water partition coefficient (Wildman–Crippen LogP) is 3.31. The van der Waals surface area contributed by atoms with Crippen LogP contribution in [-0.4, -0.2) is 37.3 Å². The molecule has 1 aliphatic heterocycles. The first-order valence-corrected chi connectivity index (χ1v) is 9.13. The number of para-hydroxylation sites is 1. The number of benzene rings is 1. The van der Waals surface area contributed by atoms with Crippen LogP contribution in [0.1, 0.15) is 53.5 Å². The summed E-state index contributed by atoms with van der Waals surface area (Å²) in [6, 6.07) is 9.49. The molecule has 0 radical (unpaired) electrons. The summed E-state index contributed by atoms with van der Waals surface area (Å²) in [6.45, 7) is 5.65. The Balaban J connectivity index is 1.64. The van der Waals surface area contributed by atoms with Crippen molar-refractivity contribution in [1.82, 2.24) is 24.9 Å². The van der Waals surface area contributed by atoms with E-state index in [-0.39, 0.29) is 5.91 Å². The molecule has 0 fully saturated rings. The van der Waals surface area contributed by atoms with Crippen LogP contribution in [0.5, 0.6) is 0 Å². The molecule has 2 aromatic heterocycles. The number of fused-ring (bicyclic) bond motifs is 1. The van der Waals surface area contributed by atoms with Gasteiger partial charge >= 0.3 is 0 Å². The number of nitrogens with zero attached hydrogens (tertiary/aromatic N) is 4. The summed E-state index contributed by atoms with van der Waals surface area (Å²) in [4.78, 5) is 15.2. The number of H-pyrrole nitrogens is 1. The summed E-state index contributed by atoms with van der Waals surface area (Å²) < 4.78 is 1.74. The number of rotatable bonds is 4. The molecular formula is C20H23N5O. The van der Waals surface area contributed by atoms with E-state index in [0.29, 0.717) is 24.6 Å². The molecule has 1 amide bonds. The van der Waals surface area contributed by atoms with Crippen molar-refractivity contribution in [2.45, 2.75) is 39.2 Å². The van der Waals surface area contributed by atoms with Crippen LogP contribution in [0.4, 0.5) is 0 Å². The topological polar surface area (TPSA) is 66.8 Å². The van der Waals surface area contributed by atoms with Crippen molar-refractivity contribution in [3.8, 4) is 5.69 Å². The van der Waals surface area contributed by atoms with Gasteiger partial charge in [-0.1, -0.05) is 26.0 Å². The fraction of sp³-hybridized carbons (Fsp3) is 0.350. The number of aromatic nitrogens is 4. The van der Waals surface area contributed by atoms with Gasteiger partial charge < -0.3 is 4.90 Å². The molecule has 0 aliphatic carbocycles. The third-order valence-corrected chi connectivity index (χ3v) is 5.22. The smallest absolute Gasteiger partial charge is 0.256 e. The van der Waals surface area contributed by atoms with Crippen molar-refractivity contribution in [3.05, 3.63) is 65.2 Å². The first-order valence-electron chi connectivity index (χ1n) is 9.13. The Labute approximate surface area is 152 Å². The molecule has 1 atom stereocenters. The van der Waals surface area contributed by atoms with Crippen LogP contribution in [0.25, 0.3) is 5.69 Å². The van der Waals surface area contributed by atoms with Crippen molar-refractivity contribution < 1.29 is 4.79 Å². The first-order chi connectivity index (χ1) is 12.7. The molecule has 26 heavy (non-hydrogen) atoms. The van der Waals surface area contributed by atoms with Gasteiger partial charge in [-0.3, -0.25) is 9.89 Å². The number of carbonyl (C=O) groups excluding carboxylic acids is 1. The van der Waals surface area contributed by atoms with Gasteiger partial charge in [0.05, 0.1) is 16.9 Å². The third-order valence-electron chi connectivity index (χ3n) is 5.22. The van der Waals surface area contributed by atoms with Gasteiger partial charge in [0.15, 0.2) is 0 Å².